The van der Waals surface area contributed by atoms with Gasteiger partial charge in [0.1, 0.15) is 18.0 Å². The number of amides is 1. The van der Waals surface area contributed by atoms with Crippen molar-refractivity contribution in [2.75, 3.05) is 0 Å². The van der Waals surface area contributed by atoms with Crippen LogP contribution in [0.1, 0.15) is 40.3 Å². The Morgan fingerprint density at radius 1 is 1.14 bits per heavy atom. The molecule has 29 heavy (non-hydrogen) atoms. The summed E-state index contributed by atoms with van der Waals surface area (Å²) in [5, 5.41) is 2.95. The van der Waals surface area contributed by atoms with Gasteiger partial charge in [0, 0.05) is 24.2 Å². The number of aromatic nitrogens is 3. The van der Waals surface area contributed by atoms with E-state index in [4.69, 9.17) is 4.74 Å². The molecule has 3 aromatic heterocycles. The summed E-state index contributed by atoms with van der Waals surface area (Å²) in [6.45, 7) is 4.31. The van der Waals surface area contributed by atoms with Crippen molar-refractivity contribution in [3.8, 4) is 5.75 Å². The lowest BCUT2D eigenvalue weighted by Crippen LogP contribution is -2.27. The van der Waals surface area contributed by atoms with Crippen LogP contribution in [0, 0.1) is 6.92 Å². The van der Waals surface area contributed by atoms with E-state index in [2.05, 4.69) is 15.3 Å². The first kappa shape index (κ1) is 18.7. The Morgan fingerprint density at radius 3 is 2.69 bits per heavy atom. The van der Waals surface area contributed by atoms with Gasteiger partial charge in [0.05, 0.1) is 17.4 Å². The fourth-order valence-electron chi connectivity index (χ4n) is 3.12. The van der Waals surface area contributed by atoms with Crippen LogP contribution in [0.5, 0.6) is 5.75 Å². The van der Waals surface area contributed by atoms with Crippen LogP contribution in [-0.2, 0) is 6.61 Å². The molecule has 1 unspecified atom stereocenters. The number of carbonyl (C=O) groups excluding carboxylic acids is 1. The number of aryl methyl sites for hydroxylation is 1. The highest BCUT2D eigenvalue weighted by Gasteiger charge is 2.12. The Labute approximate surface area is 169 Å². The molecule has 1 N–H and O–H groups in total. The summed E-state index contributed by atoms with van der Waals surface area (Å²) >= 11 is 0. The summed E-state index contributed by atoms with van der Waals surface area (Å²) in [4.78, 5) is 21.3. The lowest BCUT2D eigenvalue weighted by molar-refractivity contribution is 0.0939. The van der Waals surface area contributed by atoms with Crippen molar-refractivity contribution in [2.24, 2.45) is 0 Å². The predicted molar refractivity (Wildman–Crippen MR) is 111 cm³/mol. The van der Waals surface area contributed by atoms with Gasteiger partial charge in [-0.25, -0.2) is 4.98 Å². The van der Waals surface area contributed by atoms with Crippen LogP contribution in [0.15, 0.2) is 73.2 Å². The molecule has 4 rings (SSSR count). The number of benzene rings is 1. The Kier molecular flexibility index (Phi) is 5.24. The first-order valence-electron chi connectivity index (χ1n) is 9.48. The highest BCUT2D eigenvalue weighted by atomic mass is 16.5. The quantitative estimate of drug-likeness (QED) is 0.541. The fraction of sp³-hybridized carbons (Fsp3) is 0.174. The zero-order valence-corrected chi connectivity index (χ0v) is 16.4. The second-order valence-electron chi connectivity index (χ2n) is 6.92. The molecule has 3 heterocycles. The Bertz CT molecular complexity index is 1120. The Balaban J connectivity index is 1.37. The SMILES string of the molecule is Cc1cccn2cc(COc3ccc(C(=O)NC(C)c4ccccn4)cc3)nc12. The van der Waals surface area contributed by atoms with Crippen molar-refractivity contribution in [1.82, 2.24) is 19.7 Å². The molecule has 0 saturated carbocycles. The van der Waals surface area contributed by atoms with E-state index in [9.17, 15) is 4.79 Å². The minimum absolute atomic E-state index is 0.148. The first-order valence-corrected chi connectivity index (χ1v) is 9.48. The largest absolute Gasteiger partial charge is 0.487 e. The normalized spacial score (nSPS) is 11.9. The van der Waals surface area contributed by atoms with Gasteiger partial charge in [0.25, 0.3) is 5.91 Å². The molecule has 0 saturated heterocycles. The summed E-state index contributed by atoms with van der Waals surface area (Å²) < 4.78 is 7.82. The van der Waals surface area contributed by atoms with E-state index in [1.807, 2.05) is 61.0 Å². The Hall–Kier alpha value is -3.67. The molecule has 0 aliphatic carbocycles. The van der Waals surface area contributed by atoms with E-state index < -0.39 is 0 Å². The molecule has 0 aliphatic rings. The number of nitrogens with one attached hydrogen (secondary N) is 1. The summed E-state index contributed by atoms with van der Waals surface area (Å²) in [7, 11) is 0. The molecular formula is C23H22N4O2. The average Bonchev–Trinajstić information content (AvgIpc) is 3.18. The molecule has 0 radical (unpaired) electrons. The van der Waals surface area contributed by atoms with E-state index in [0.717, 1.165) is 22.6 Å². The number of pyridine rings is 2. The lowest BCUT2D eigenvalue weighted by atomic mass is 10.1. The smallest absolute Gasteiger partial charge is 0.251 e. The van der Waals surface area contributed by atoms with Gasteiger partial charge in [-0.15, -0.1) is 0 Å². The molecular weight excluding hydrogens is 364 g/mol. The maximum atomic E-state index is 12.5. The third kappa shape index (κ3) is 4.27. The summed E-state index contributed by atoms with van der Waals surface area (Å²) in [6.07, 6.45) is 5.65. The van der Waals surface area contributed by atoms with Crippen LogP contribution in [0.2, 0.25) is 0 Å². The van der Waals surface area contributed by atoms with E-state index in [1.54, 1.807) is 30.5 Å². The summed E-state index contributed by atoms with van der Waals surface area (Å²) in [5.74, 6) is 0.540. The van der Waals surface area contributed by atoms with Gasteiger partial charge in [0.2, 0.25) is 0 Å². The van der Waals surface area contributed by atoms with Crippen molar-refractivity contribution in [2.45, 2.75) is 26.5 Å². The number of ether oxygens (including phenoxy) is 1. The third-order valence-corrected chi connectivity index (χ3v) is 4.71. The number of nitrogens with zero attached hydrogens (tertiary/aromatic N) is 3. The molecule has 146 valence electrons. The summed E-state index contributed by atoms with van der Waals surface area (Å²) in [6, 6.07) is 16.6. The van der Waals surface area contributed by atoms with Gasteiger partial charge in [-0.1, -0.05) is 12.1 Å². The predicted octanol–water partition coefficient (Wildman–Crippen LogP) is 4.11. The minimum Gasteiger partial charge on any atom is -0.487 e. The van der Waals surface area contributed by atoms with Gasteiger partial charge >= 0.3 is 0 Å². The molecule has 0 fully saturated rings. The molecule has 0 aliphatic heterocycles. The van der Waals surface area contributed by atoms with Gasteiger partial charge in [-0.2, -0.15) is 0 Å². The van der Waals surface area contributed by atoms with Crippen molar-refractivity contribution in [3.05, 3.63) is 95.7 Å². The van der Waals surface area contributed by atoms with Crippen molar-refractivity contribution < 1.29 is 9.53 Å². The zero-order chi connectivity index (χ0) is 20.2. The average molecular weight is 386 g/mol. The topological polar surface area (TPSA) is 68.5 Å². The van der Waals surface area contributed by atoms with Crippen LogP contribution in [0.25, 0.3) is 5.65 Å². The number of hydrogen-bond donors (Lipinski definition) is 1. The molecule has 0 spiro atoms. The number of imidazole rings is 1. The fourth-order valence-corrected chi connectivity index (χ4v) is 3.12. The number of rotatable bonds is 6. The maximum Gasteiger partial charge on any atom is 0.251 e. The van der Waals surface area contributed by atoms with Crippen molar-refractivity contribution in [1.29, 1.82) is 0 Å². The second kappa shape index (κ2) is 8.14. The first-order chi connectivity index (χ1) is 14.1. The van der Waals surface area contributed by atoms with Crippen molar-refractivity contribution >= 4 is 11.6 Å². The molecule has 4 aromatic rings. The molecule has 1 amide bonds. The van der Waals surface area contributed by atoms with Crippen LogP contribution in [-0.4, -0.2) is 20.3 Å². The number of fused-ring (bicyclic) bond motifs is 1. The van der Waals surface area contributed by atoms with Crippen LogP contribution >= 0.6 is 0 Å². The number of carbonyl (C=O) groups is 1. The molecule has 6 heteroatoms. The molecule has 1 atom stereocenters. The highest BCUT2D eigenvalue weighted by Crippen LogP contribution is 2.16. The minimum atomic E-state index is -0.168. The van der Waals surface area contributed by atoms with Crippen molar-refractivity contribution in [3.63, 3.8) is 0 Å². The third-order valence-electron chi connectivity index (χ3n) is 4.71. The van der Waals surface area contributed by atoms with E-state index in [1.165, 1.54) is 0 Å². The second-order valence-corrected chi connectivity index (χ2v) is 6.92. The van der Waals surface area contributed by atoms with Gasteiger partial charge in [0.15, 0.2) is 0 Å². The Morgan fingerprint density at radius 2 is 1.97 bits per heavy atom. The summed E-state index contributed by atoms with van der Waals surface area (Å²) in [5.41, 5.74) is 4.30. The van der Waals surface area contributed by atoms with Gasteiger partial charge in [-0.05, 0) is 61.9 Å². The molecule has 1 aromatic carbocycles. The van der Waals surface area contributed by atoms with E-state index in [0.29, 0.717) is 17.9 Å². The monoisotopic (exact) mass is 386 g/mol. The standard InChI is InChI=1S/C23H22N4O2/c1-16-6-5-13-27-14-19(26-22(16)27)15-29-20-10-8-18(9-11-20)23(28)25-17(2)21-7-3-4-12-24-21/h3-14,17H,15H2,1-2H3,(H,25,28). The lowest BCUT2D eigenvalue weighted by Gasteiger charge is -2.13. The van der Waals surface area contributed by atoms with Crippen LogP contribution in [0.4, 0.5) is 0 Å². The van der Waals surface area contributed by atoms with Gasteiger partial charge in [-0.3, -0.25) is 9.78 Å². The number of hydrogen-bond acceptors (Lipinski definition) is 4. The van der Waals surface area contributed by atoms with Gasteiger partial charge < -0.3 is 14.5 Å². The van der Waals surface area contributed by atoms with Crippen LogP contribution in [0.3, 0.4) is 0 Å². The van der Waals surface area contributed by atoms with E-state index in [-0.39, 0.29) is 11.9 Å². The van der Waals surface area contributed by atoms with E-state index >= 15 is 0 Å². The zero-order valence-electron chi connectivity index (χ0n) is 16.4. The molecule has 6 nitrogen and oxygen atoms in total. The molecule has 0 bridgehead atoms. The maximum absolute atomic E-state index is 12.5. The highest BCUT2D eigenvalue weighted by molar-refractivity contribution is 5.94. The van der Waals surface area contributed by atoms with Crippen LogP contribution < -0.4 is 10.1 Å².